The summed E-state index contributed by atoms with van der Waals surface area (Å²) < 4.78 is 25.4. The van der Waals surface area contributed by atoms with E-state index in [1.807, 2.05) is 0 Å². The maximum Gasteiger partial charge on any atom is 0.0629 e. The van der Waals surface area contributed by atoms with Gasteiger partial charge in [-0.05, 0) is 124 Å². The smallest absolute Gasteiger partial charge is 0.0629 e. The lowest BCUT2D eigenvalue weighted by Crippen LogP contribution is -2.61. The van der Waals surface area contributed by atoms with Crippen molar-refractivity contribution in [1.82, 2.24) is 42.5 Å². The van der Waals surface area contributed by atoms with E-state index in [0.717, 1.165) is 77.0 Å². The summed E-state index contributed by atoms with van der Waals surface area (Å²) in [6.07, 6.45) is 15.4. The van der Waals surface area contributed by atoms with E-state index < -0.39 is 0 Å². The predicted molar refractivity (Wildman–Crippen MR) is 214 cm³/mol. The highest BCUT2D eigenvalue weighted by Crippen LogP contribution is 2.46. The Morgan fingerprint density at radius 2 is 0.482 bits per heavy atom. The first-order chi connectivity index (χ1) is 27.5. The van der Waals surface area contributed by atoms with E-state index in [9.17, 15) is 0 Å². The Morgan fingerprint density at radius 1 is 0.286 bits per heavy atom. The van der Waals surface area contributed by atoms with E-state index in [4.69, 9.17) is 41.9 Å². The first-order valence-corrected chi connectivity index (χ1v) is 22.9. The molecule has 12 unspecified atom stereocenters. The molecule has 9 rings (SSSR count). The number of nitrogens with one attached hydrogen (secondary N) is 8. The van der Waals surface area contributed by atoms with Gasteiger partial charge in [-0.2, -0.15) is 0 Å². The van der Waals surface area contributed by atoms with E-state index in [1.165, 1.54) is 0 Å². The summed E-state index contributed by atoms with van der Waals surface area (Å²) in [7, 11) is 0. The van der Waals surface area contributed by atoms with Crippen LogP contribution in [0.5, 0.6) is 0 Å². The lowest BCUT2D eigenvalue weighted by Gasteiger charge is -2.39. The highest BCUT2D eigenvalue weighted by molar-refractivity contribution is 5.10. The Labute approximate surface area is 334 Å². The van der Waals surface area contributed by atoms with Crippen LogP contribution >= 0.6 is 0 Å². The number of ether oxygens (including phenoxy) is 4. The highest BCUT2D eigenvalue weighted by Gasteiger charge is 2.56. The van der Waals surface area contributed by atoms with Crippen LogP contribution in [0.4, 0.5) is 0 Å². The second-order valence-electron chi connectivity index (χ2n) is 18.8. The molecule has 0 amide bonds. The molecule has 16 nitrogen and oxygen atoms in total. The van der Waals surface area contributed by atoms with E-state index in [0.29, 0.717) is 99.9 Å². The zero-order chi connectivity index (χ0) is 38.2. The number of fused-ring (bicyclic) bond motifs is 20. The van der Waals surface area contributed by atoms with Gasteiger partial charge in [0.1, 0.15) is 0 Å². The molecule has 0 aromatic rings. The quantitative estimate of drug-likeness (QED) is 0.107. The number of hydrogen-bond donors (Lipinski definition) is 12. The average Bonchev–Trinajstić information content (AvgIpc) is 3.95. The maximum absolute atomic E-state index is 6.34. The predicted octanol–water partition coefficient (Wildman–Crippen LogP) is -1.58. The van der Waals surface area contributed by atoms with Crippen molar-refractivity contribution in [1.29, 1.82) is 0 Å². The molecule has 5 heterocycles. The molecule has 5 saturated heterocycles. The van der Waals surface area contributed by atoms with Crippen LogP contribution in [0.25, 0.3) is 0 Å². The van der Waals surface area contributed by atoms with Crippen LogP contribution in [-0.2, 0) is 18.9 Å². The molecule has 9 fully saturated rings. The molecule has 16 heteroatoms. The SMILES string of the molecule is NCCOC1CCC2C3NC(NC4NC(NC5NC(NC6NC(N3)C3CC(OCCN)CCC63)C3CC(OCCN)CCC53)C3CC(OCCN)CCC43)C2C1. The molecule has 8 bridgehead atoms. The second-order valence-corrected chi connectivity index (χ2v) is 18.8. The van der Waals surface area contributed by atoms with Gasteiger partial charge in [0.25, 0.3) is 0 Å². The molecule has 0 aromatic carbocycles. The maximum atomic E-state index is 6.34. The molecule has 5 aliphatic heterocycles. The van der Waals surface area contributed by atoms with E-state index in [-0.39, 0.29) is 73.7 Å². The van der Waals surface area contributed by atoms with E-state index in [2.05, 4.69) is 42.5 Å². The lowest BCUT2D eigenvalue weighted by molar-refractivity contribution is -0.0106. The molecule has 4 aliphatic carbocycles. The van der Waals surface area contributed by atoms with Gasteiger partial charge in [0.2, 0.25) is 0 Å². The van der Waals surface area contributed by atoms with Gasteiger partial charge >= 0.3 is 0 Å². The standard InChI is InChI=1S/C40H76N12O4/c41-9-13-53-21-1-5-25-29(17-21)37-45-33(25)49-38-30-18-22(54-14-10-42)2-6-26(30)35(46-38)51-40-32-20-24(56-16-12-44)4-8-28(32)36(48-40)52-39-31-19-23(55-15-11-43)3-7-27(31)34(47-39)50-37/h21-40,45-52H,1-20,41-44H2. The van der Waals surface area contributed by atoms with Crippen molar-refractivity contribution >= 4 is 0 Å². The van der Waals surface area contributed by atoms with Crippen molar-refractivity contribution < 1.29 is 18.9 Å². The third-order valence-corrected chi connectivity index (χ3v) is 15.8. The normalized spacial score (nSPS) is 49.9. The van der Waals surface area contributed by atoms with Crippen LogP contribution in [0.3, 0.4) is 0 Å². The minimum Gasteiger partial charge on any atom is -0.377 e. The van der Waals surface area contributed by atoms with Gasteiger partial charge in [-0.1, -0.05) is 0 Å². The summed E-state index contributed by atoms with van der Waals surface area (Å²) in [4.78, 5) is 0. The molecular formula is C40H76N12O4. The van der Waals surface area contributed by atoms with E-state index >= 15 is 0 Å². The minimum absolute atomic E-state index is 0.165. The Balaban J connectivity index is 1.02. The van der Waals surface area contributed by atoms with Crippen LogP contribution in [0.2, 0.25) is 0 Å². The number of hydrogen-bond acceptors (Lipinski definition) is 16. The van der Waals surface area contributed by atoms with Crippen molar-refractivity contribution in [2.45, 2.75) is 151 Å². The molecule has 4 saturated carbocycles. The van der Waals surface area contributed by atoms with Gasteiger partial charge in [0.15, 0.2) is 0 Å². The van der Waals surface area contributed by atoms with Gasteiger partial charge < -0.3 is 41.9 Å². The van der Waals surface area contributed by atoms with Crippen LogP contribution < -0.4 is 65.5 Å². The molecule has 9 aliphatic rings. The number of rotatable bonds is 12. The van der Waals surface area contributed by atoms with E-state index in [1.54, 1.807) is 0 Å². The largest absolute Gasteiger partial charge is 0.377 e. The lowest BCUT2D eigenvalue weighted by atomic mass is 9.75. The van der Waals surface area contributed by atoms with Crippen LogP contribution in [0.15, 0.2) is 0 Å². The van der Waals surface area contributed by atoms with Crippen molar-refractivity contribution in [2.24, 2.45) is 70.3 Å². The van der Waals surface area contributed by atoms with Crippen LogP contribution in [0.1, 0.15) is 77.0 Å². The van der Waals surface area contributed by atoms with Crippen molar-refractivity contribution in [3.63, 3.8) is 0 Å². The van der Waals surface area contributed by atoms with Gasteiger partial charge in [0, 0.05) is 26.2 Å². The third-order valence-electron chi connectivity index (χ3n) is 15.8. The first kappa shape index (κ1) is 40.7. The fourth-order valence-corrected chi connectivity index (χ4v) is 13.4. The molecule has 56 heavy (non-hydrogen) atoms. The summed E-state index contributed by atoms with van der Waals surface area (Å²) in [5.41, 5.74) is 23.6. The molecule has 320 valence electrons. The minimum atomic E-state index is 0.165. The molecule has 16 N–H and O–H groups in total. The first-order valence-electron chi connectivity index (χ1n) is 22.9. The summed E-state index contributed by atoms with van der Waals surface area (Å²) in [5.74, 6) is 3.79. The van der Waals surface area contributed by atoms with Gasteiger partial charge in [0.05, 0.1) is 100 Å². The molecule has 0 aromatic heterocycles. The summed E-state index contributed by atoms with van der Waals surface area (Å²) in [6, 6.07) is 0. The monoisotopic (exact) mass is 789 g/mol. The van der Waals surface area contributed by atoms with Crippen LogP contribution in [-0.4, -0.2) is 126 Å². The van der Waals surface area contributed by atoms with Crippen LogP contribution in [0, 0.1) is 47.3 Å². The summed E-state index contributed by atoms with van der Waals surface area (Å²) in [6.45, 7) is 4.76. The van der Waals surface area contributed by atoms with Crippen molar-refractivity contribution in [2.75, 3.05) is 52.6 Å². The van der Waals surface area contributed by atoms with Gasteiger partial charge in [-0.25, -0.2) is 0 Å². The van der Waals surface area contributed by atoms with Crippen molar-refractivity contribution in [3.05, 3.63) is 0 Å². The Morgan fingerprint density at radius 3 is 0.679 bits per heavy atom. The average molecular weight is 789 g/mol. The zero-order valence-corrected chi connectivity index (χ0v) is 33.6. The Kier molecular flexibility index (Phi) is 13.5. The van der Waals surface area contributed by atoms with Gasteiger partial charge in [-0.3, -0.25) is 42.5 Å². The highest BCUT2D eigenvalue weighted by atomic mass is 16.5. The molecule has 0 spiro atoms. The Bertz CT molecular complexity index is 1080. The fraction of sp³-hybridized carbons (Fsp3) is 1.00. The number of nitrogens with two attached hydrogens (primary N) is 4. The zero-order valence-electron chi connectivity index (χ0n) is 33.6. The second kappa shape index (κ2) is 18.5. The summed E-state index contributed by atoms with van der Waals surface area (Å²) >= 11 is 0. The topological polar surface area (TPSA) is 237 Å². The Hall–Kier alpha value is -0.640. The fourth-order valence-electron chi connectivity index (χ4n) is 13.4. The third kappa shape index (κ3) is 8.48. The van der Waals surface area contributed by atoms with Gasteiger partial charge in [-0.15, -0.1) is 0 Å². The molecule has 0 radical (unpaired) electrons. The molecular weight excluding hydrogens is 713 g/mol. The van der Waals surface area contributed by atoms with Crippen molar-refractivity contribution in [3.8, 4) is 0 Å². The summed E-state index contributed by atoms with van der Waals surface area (Å²) in [5, 5.41) is 33.7. The molecule has 12 atom stereocenters.